The van der Waals surface area contributed by atoms with Gasteiger partial charge in [-0.3, -0.25) is 4.98 Å². The van der Waals surface area contributed by atoms with Gasteiger partial charge in [0.05, 0.1) is 23.6 Å². The Morgan fingerprint density at radius 2 is 1.95 bits per heavy atom. The highest BCUT2D eigenvalue weighted by atomic mass is 79.9. The first kappa shape index (κ1) is 16.2. The molecule has 0 saturated carbocycles. The Morgan fingerprint density at radius 3 is 2.50 bits per heavy atom. The van der Waals surface area contributed by atoms with E-state index in [9.17, 15) is 13.6 Å². The Hall–Kier alpha value is -2.22. The molecule has 22 heavy (non-hydrogen) atoms. The molecule has 116 valence electrons. The zero-order valence-electron chi connectivity index (χ0n) is 11.2. The van der Waals surface area contributed by atoms with Crippen molar-refractivity contribution in [3.05, 3.63) is 57.8 Å². The summed E-state index contributed by atoms with van der Waals surface area (Å²) in [6.07, 6.45) is 0.145. The van der Waals surface area contributed by atoms with Crippen LogP contribution < -0.4 is 11.1 Å². The molecule has 0 aliphatic rings. The number of anilines is 1. The van der Waals surface area contributed by atoms with E-state index in [1.165, 1.54) is 6.20 Å². The molecule has 1 heterocycles. The second kappa shape index (κ2) is 6.69. The lowest BCUT2D eigenvalue weighted by atomic mass is 10.0. The highest BCUT2D eigenvalue weighted by Gasteiger charge is 2.20. The number of nitrogens with one attached hydrogen (secondary N) is 1. The molecule has 5 nitrogen and oxygen atoms in total. The topological polar surface area (TPSA) is 88.2 Å². The number of amides is 1. The van der Waals surface area contributed by atoms with E-state index in [4.69, 9.17) is 10.8 Å². The number of carbonyl (C=O) groups is 1. The summed E-state index contributed by atoms with van der Waals surface area (Å²) in [4.78, 5) is 15.0. The normalized spacial score (nSPS) is 12.0. The number of hydrogen-bond acceptors (Lipinski definition) is 3. The number of rotatable bonds is 4. The van der Waals surface area contributed by atoms with Crippen molar-refractivity contribution in [3.8, 4) is 0 Å². The second-order valence-corrected chi connectivity index (χ2v) is 5.47. The monoisotopic (exact) mass is 371 g/mol. The fourth-order valence-electron chi connectivity index (χ4n) is 2.05. The maximum absolute atomic E-state index is 13.3. The van der Waals surface area contributed by atoms with Crippen molar-refractivity contribution in [2.45, 2.75) is 12.5 Å². The molecule has 0 aliphatic carbocycles. The first-order valence-corrected chi connectivity index (χ1v) is 7.00. The predicted octanol–water partition coefficient (Wildman–Crippen LogP) is 3.26. The second-order valence-electron chi connectivity index (χ2n) is 4.62. The van der Waals surface area contributed by atoms with Crippen LogP contribution in [0.1, 0.15) is 17.3 Å². The first-order chi connectivity index (χ1) is 10.3. The van der Waals surface area contributed by atoms with Gasteiger partial charge in [0.25, 0.3) is 0 Å². The average Bonchev–Trinajstić information content (AvgIpc) is 2.36. The third-order valence-electron chi connectivity index (χ3n) is 2.88. The maximum atomic E-state index is 13.3. The van der Waals surface area contributed by atoms with Gasteiger partial charge >= 0.3 is 6.09 Å². The van der Waals surface area contributed by atoms with Crippen molar-refractivity contribution in [2.75, 3.05) is 5.73 Å². The lowest BCUT2D eigenvalue weighted by molar-refractivity contribution is 0.189. The zero-order valence-corrected chi connectivity index (χ0v) is 12.8. The summed E-state index contributed by atoms with van der Waals surface area (Å²) in [5.74, 6) is -1.46. The van der Waals surface area contributed by atoms with E-state index < -0.39 is 23.8 Å². The summed E-state index contributed by atoms with van der Waals surface area (Å²) < 4.78 is 27.0. The maximum Gasteiger partial charge on any atom is 0.405 e. The van der Waals surface area contributed by atoms with Crippen molar-refractivity contribution in [2.24, 2.45) is 0 Å². The van der Waals surface area contributed by atoms with Gasteiger partial charge < -0.3 is 16.2 Å². The molecular formula is C14H12BrF2N3O2. The molecule has 2 rings (SSSR count). The molecule has 0 saturated heterocycles. The molecule has 0 aliphatic heterocycles. The van der Waals surface area contributed by atoms with Crippen LogP contribution in [0.5, 0.6) is 0 Å². The van der Waals surface area contributed by atoms with E-state index in [-0.39, 0.29) is 6.42 Å². The number of nitrogens with two attached hydrogens (primary N) is 1. The van der Waals surface area contributed by atoms with Crippen LogP contribution in [0.4, 0.5) is 19.3 Å². The summed E-state index contributed by atoms with van der Waals surface area (Å²) in [6.45, 7) is 0. The van der Waals surface area contributed by atoms with Crippen molar-refractivity contribution in [1.82, 2.24) is 10.3 Å². The van der Waals surface area contributed by atoms with Gasteiger partial charge in [-0.25, -0.2) is 13.6 Å². The molecule has 4 N–H and O–H groups in total. The molecule has 1 unspecified atom stereocenters. The molecule has 0 fully saturated rings. The Morgan fingerprint density at radius 1 is 1.32 bits per heavy atom. The van der Waals surface area contributed by atoms with Crippen LogP contribution in [0, 0.1) is 11.6 Å². The molecule has 0 bridgehead atoms. The molecule has 0 radical (unpaired) electrons. The van der Waals surface area contributed by atoms with Crippen LogP contribution in [0.2, 0.25) is 0 Å². The Kier molecular flexibility index (Phi) is 4.92. The lowest BCUT2D eigenvalue weighted by Crippen LogP contribution is -2.29. The first-order valence-electron chi connectivity index (χ1n) is 6.20. The van der Waals surface area contributed by atoms with Gasteiger partial charge in [0.1, 0.15) is 11.6 Å². The van der Waals surface area contributed by atoms with E-state index in [1.807, 2.05) is 0 Å². The Bertz CT molecular complexity index is 692. The van der Waals surface area contributed by atoms with Crippen LogP contribution in [0.25, 0.3) is 0 Å². The Balaban J connectivity index is 2.35. The van der Waals surface area contributed by atoms with Crippen LogP contribution in [-0.4, -0.2) is 16.2 Å². The minimum atomic E-state index is -1.27. The molecule has 1 atom stereocenters. The highest BCUT2D eigenvalue weighted by Crippen LogP contribution is 2.26. The SMILES string of the molecule is Nc1cnc(C(Cc2cc(F)cc(F)c2)NC(=O)O)c(Br)c1. The molecule has 0 spiro atoms. The Labute approximate surface area is 133 Å². The molecule has 2 aromatic rings. The summed E-state index contributed by atoms with van der Waals surface area (Å²) >= 11 is 3.26. The van der Waals surface area contributed by atoms with Crippen molar-refractivity contribution in [1.29, 1.82) is 0 Å². The lowest BCUT2D eigenvalue weighted by Gasteiger charge is -2.18. The van der Waals surface area contributed by atoms with Gasteiger partial charge in [-0.1, -0.05) is 0 Å². The van der Waals surface area contributed by atoms with Gasteiger partial charge in [0, 0.05) is 10.5 Å². The van der Waals surface area contributed by atoms with Crippen LogP contribution in [0.15, 0.2) is 34.9 Å². The predicted molar refractivity (Wildman–Crippen MR) is 80.3 cm³/mol. The third kappa shape index (κ3) is 4.14. The zero-order chi connectivity index (χ0) is 16.3. The highest BCUT2D eigenvalue weighted by molar-refractivity contribution is 9.10. The number of aromatic nitrogens is 1. The van der Waals surface area contributed by atoms with Crippen molar-refractivity contribution < 1.29 is 18.7 Å². The minimum Gasteiger partial charge on any atom is -0.465 e. The van der Waals surface area contributed by atoms with E-state index in [0.29, 0.717) is 21.4 Å². The van der Waals surface area contributed by atoms with Crippen LogP contribution in [0.3, 0.4) is 0 Å². The number of benzene rings is 1. The summed E-state index contributed by atoms with van der Waals surface area (Å²) in [7, 11) is 0. The number of nitrogens with zero attached hydrogens (tertiary/aromatic N) is 1. The molecule has 8 heteroatoms. The smallest absolute Gasteiger partial charge is 0.405 e. The van der Waals surface area contributed by atoms with Gasteiger partial charge in [0.2, 0.25) is 0 Å². The number of nitrogen functional groups attached to an aromatic ring is 1. The molecule has 1 aromatic carbocycles. The minimum absolute atomic E-state index is 0.0382. The summed E-state index contributed by atoms with van der Waals surface area (Å²) in [6, 6.07) is 3.83. The quantitative estimate of drug-likeness (QED) is 0.769. The van der Waals surface area contributed by atoms with Gasteiger partial charge in [0.15, 0.2) is 0 Å². The van der Waals surface area contributed by atoms with Crippen molar-refractivity contribution >= 4 is 27.7 Å². The largest absolute Gasteiger partial charge is 0.465 e. The third-order valence-corrected chi connectivity index (χ3v) is 3.52. The van der Waals surface area contributed by atoms with E-state index in [2.05, 4.69) is 26.2 Å². The van der Waals surface area contributed by atoms with Crippen LogP contribution in [-0.2, 0) is 6.42 Å². The number of carboxylic acid groups (broad SMARTS) is 1. The summed E-state index contributed by atoms with van der Waals surface area (Å²) in [5.41, 5.74) is 6.68. The van der Waals surface area contributed by atoms with E-state index in [0.717, 1.165) is 18.2 Å². The van der Waals surface area contributed by atoms with Crippen LogP contribution >= 0.6 is 15.9 Å². The molecule has 1 amide bonds. The van der Waals surface area contributed by atoms with Gasteiger partial charge in [-0.2, -0.15) is 0 Å². The van der Waals surface area contributed by atoms with Crippen molar-refractivity contribution in [3.63, 3.8) is 0 Å². The molecular weight excluding hydrogens is 360 g/mol. The van der Waals surface area contributed by atoms with E-state index in [1.54, 1.807) is 6.07 Å². The fourth-order valence-corrected chi connectivity index (χ4v) is 2.69. The number of hydrogen-bond donors (Lipinski definition) is 3. The fraction of sp³-hybridized carbons (Fsp3) is 0.143. The standard InChI is InChI=1S/C14H12BrF2N3O2/c15-11-5-10(18)6-19-13(11)12(20-14(21)22)3-7-1-8(16)4-9(17)2-7/h1-2,4-6,12,20H,3,18H2,(H,21,22). The average molecular weight is 372 g/mol. The summed E-state index contributed by atoms with van der Waals surface area (Å²) in [5, 5.41) is 11.2. The van der Waals surface area contributed by atoms with E-state index >= 15 is 0 Å². The van der Waals surface area contributed by atoms with Gasteiger partial charge in [-0.05, 0) is 46.1 Å². The molecule has 1 aromatic heterocycles. The van der Waals surface area contributed by atoms with Gasteiger partial charge in [-0.15, -0.1) is 0 Å². The number of pyridine rings is 1. The number of halogens is 3.